The lowest BCUT2D eigenvalue weighted by atomic mass is 10.1. The fraction of sp³-hybridized carbons (Fsp3) is 0.235. The summed E-state index contributed by atoms with van der Waals surface area (Å²) in [6.45, 7) is 3.49. The van der Waals surface area contributed by atoms with Gasteiger partial charge in [-0.3, -0.25) is 0 Å². The summed E-state index contributed by atoms with van der Waals surface area (Å²) in [6, 6.07) is 17.6. The zero-order valence-electron chi connectivity index (χ0n) is 12.4. The quantitative estimate of drug-likeness (QED) is 0.396. The lowest BCUT2D eigenvalue weighted by Crippen LogP contribution is -2.31. The third-order valence-electron chi connectivity index (χ3n) is 3.34. The van der Waals surface area contributed by atoms with Gasteiger partial charge in [0.05, 0.1) is 7.11 Å². The molecule has 1 N–H and O–H groups in total. The summed E-state index contributed by atoms with van der Waals surface area (Å²) in [5.41, 5.74) is 2.03. The summed E-state index contributed by atoms with van der Waals surface area (Å²) in [6.07, 6.45) is 0. The van der Waals surface area contributed by atoms with Crippen LogP contribution < -0.4 is 4.74 Å². The van der Waals surface area contributed by atoms with Crippen molar-refractivity contribution in [2.24, 2.45) is 5.16 Å². The summed E-state index contributed by atoms with van der Waals surface area (Å²) < 4.78 is 5.15. The van der Waals surface area contributed by atoms with Gasteiger partial charge in [0.25, 0.3) is 0 Å². The first-order valence-corrected chi connectivity index (χ1v) is 6.93. The number of rotatable bonds is 5. The smallest absolute Gasteiger partial charge is 0.175 e. The first kappa shape index (κ1) is 14.9. The van der Waals surface area contributed by atoms with Crippen LogP contribution in [0.3, 0.4) is 0 Å². The molecule has 0 bridgehead atoms. The highest BCUT2D eigenvalue weighted by atomic mass is 16.5. The van der Waals surface area contributed by atoms with Crippen LogP contribution in [0.15, 0.2) is 59.8 Å². The van der Waals surface area contributed by atoms with E-state index >= 15 is 0 Å². The second-order valence-electron chi connectivity index (χ2n) is 4.65. The van der Waals surface area contributed by atoms with Crippen molar-refractivity contribution in [3.8, 4) is 5.75 Å². The predicted octanol–water partition coefficient (Wildman–Crippen LogP) is 3.35. The van der Waals surface area contributed by atoms with Crippen LogP contribution in [-0.4, -0.2) is 29.6 Å². The maximum Gasteiger partial charge on any atom is 0.175 e. The molecule has 0 aliphatic rings. The molecule has 0 heterocycles. The monoisotopic (exact) mass is 284 g/mol. The van der Waals surface area contributed by atoms with Crippen molar-refractivity contribution in [3.05, 3.63) is 65.7 Å². The average Bonchev–Trinajstić information content (AvgIpc) is 2.56. The maximum absolute atomic E-state index is 9.40. The summed E-state index contributed by atoms with van der Waals surface area (Å²) >= 11 is 0. The Morgan fingerprint density at radius 1 is 1.10 bits per heavy atom. The van der Waals surface area contributed by atoms with Crippen molar-refractivity contribution in [2.45, 2.75) is 13.5 Å². The Hall–Kier alpha value is -2.49. The molecule has 2 aromatic carbocycles. The highest BCUT2D eigenvalue weighted by molar-refractivity contribution is 5.98. The average molecular weight is 284 g/mol. The molecular weight excluding hydrogens is 264 g/mol. The van der Waals surface area contributed by atoms with Gasteiger partial charge in [0.2, 0.25) is 0 Å². The zero-order valence-corrected chi connectivity index (χ0v) is 12.4. The molecule has 0 aliphatic carbocycles. The van der Waals surface area contributed by atoms with E-state index in [4.69, 9.17) is 4.74 Å². The van der Waals surface area contributed by atoms with E-state index in [0.29, 0.717) is 12.4 Å². The van der Waals surface area contributed by atoms with Crippen LogP contribution in [0.4, 0.5) is 0 Å². The standard InChI is InChI=1S/C17H20N2O2/c1-3-19(13-14-7-5-4-6-8-14)17(18-20)15-9-11-16(21-2)12-10-15/h4-12,20H,3,13H2,1-2H3/b18-17-. The molecule has 0 radical (unpaired) electrons. The van der Waals surface area contributed by atoms with Crippen molar-refractivity contribution in [2.75, 3.05) is 13.7 Å². The van der Waals surface area contributed by atoms with Crippen LogP contribution in [-0.2, 0) is 6.54 Å². The molecular formula is C17H20N2O2. The topological polar surface area (TPSA) is 45.1 Å². The van der Waals surface area contributed by atoms with Gasteiger partial charge in [0.1, 0.15) is 5.75 Å². The van der Waals surface area contributed by atoms with Crippen LogP contribution in [0, 0.1) is 0 Å². The molecule has 0 spiro atoms. The molecule has 0 amide bonds. The summed E-state index contributed by atoms with van der Waals surface area (Å²) in [4.78, 5) is 2.02. The van der Waals surface area contributed by atoms with E-state index in [-0.39, 0.29) is 0 Å². The molecule has 0 aromatic heterocycles. The third-order valence-corrected chi connectivity index (χ3v) is 3.34. The molecule has 21 heavy (non-hydrogen) atoms. The number of hydrogen-bond donors (Lipinski definition) is 1. The van der Waals surface area contributed by atoms with E-state index in [0.717, 1.165) is 17.9 Å². The first-order valence-electron chi connectivity index (χ1n) is 6.93. The Labute approximate surface area is 125 Å². The first-order chi connectivity index (χ1) is 10.3. The highest BCUT2D eigenvalue weighted by Crippen LogP contribution is 2.15. The number of methoxy groups -OCH3 is 1. The number of benzene rings is 2. The molecule has 0 fully saturated rings. The summed E-state index contributed by atoms with van der Waals surface area (Å²) in [7, 11) is 1.63. The van der Waals surface area contributed by atoms with E-state index in [1.165, 1.54) is 5.56 Å². The molecule has 110 valence electrons. The largest absolute Gasteiger partial charge is 0.497 e. The fourth-order valence-electron chi connectivity index (χ4n) is 2.18. The Kier molecular flexibility index (Phi) is 5.21. The molecule has 2 aromatic rings. The molecule has 2 rings (SSSR count). The SMILES string of the molecule is CCN(Cc1ccccc1)/C(=N\O)c1ccc(OC)cc1. The van der Waals surface area contributed by atoms with Gasteiger partial charge in [-0.15, -0.1) is 0 Å². The van der Waals surface area contributed by atoms with Crippen LogP contribution in [0.5, 0.6) is 5.75 Å². The Bertz CT molecular complexity index is 579. The van der Waals surface area contributed by atoms with Gasteiger partial charge in [0, 0.05) is 18.7 Å². The van der Waals surface area contributed by atoms with E-state index in [1.807, 2.05) is 54.3 Å². The second kappa shape index (κ2) is 7.33. The van der Waals surface area contributed by atoms with Gasteiger partial charge in [-0.1, -0.05) is 35.5 Å². The lowest BCUT2D eigenvalue weighted by Gasteiger charge is -2.24. The number of hydrogen-bond acceptors (Lipinski definition) is 3. The van der Waals surface area contributed by atoms with Gasteiger partial charge in [-0.25, -0.2) is 0 Å². The summed E-state index contributed by atoms with van der Waals surface area (Å²) in [5, 5.41) is 12.9. The number of amidine groups is 1. The minimum absolute atomic E-state index is 0.559. The molecule has 0 unspecified atom stereocenters. The number of ether oxygens (including phenoxy) is 1. The Morgan fingerprint density at radius 2 is 1.76 bits per heavy atom. The van der Waals surface area contributed by atoms with Crippen molar-refractivity contribution in [1.29, 1.82) is 0 Å². The maximum atomic E-state index is 9.40. The van der Waals surface area contributed by atoms with Crippen LogP contribution >= 0.6 is 0 Å². The molecule has 0 atom stereocenters. The number of nitrogens with zero attached hydrogens (tertiary/aromatic N) is 2. The van der Waals surface area contributed by atoms with Gasteiger partial charge in [-0.05, 0) is 36.8 Å². The van der Waals surface area contributed by atoms with E-state index in [9.17, 15) is 5.21 Å². The third kappa shape index (κ3) is 3.75. The Balaban J connectivity index is 2.21. The Morgan fingerprint density at radius 3 is 2.29 bits per heavy atom. The van der Waals surface area contributed by atoms with Gasteiger partial charge in [-0.2, -0.15) is 0 Å². The zero-order chi connectivity index (χ0) is 15.1. The minimum Gasteiger partial charge on any atom is -0.497 e. The highest BCUT2D eigenvalue weighted by Gasteiger charge is 2.13. The second-order valence-corrected chi connectivity index (χ2v) is 4.65. The van der Waals surface area contributed by atoms with E-state index in [1.54, 1.807) is 7.11 Å². The minimum atomic E-state index is 0.559. The molecule has 4 heteroatoms. The molecule has 4 nitrogen and oxygen atoms in total. The van der Waals surface area contributed by atoms with Gasteiger partial charge < -0.3 is 14.8 Å². The predicted molar refractivity (Wildman–Crippen MR) is 83.8 cm³/mol. The van der Waals surface area contributed by atoms with Crippen molar-refractivity contribution in [1.82, 2.24) is 4.90 Å². The molecule has 0 aliphatic heterocycles. The van der Waals surface area contributed by atoms with Crippen LogP contribution in [0.1, 0.15) is 18.1 Å². The van der Waals surface area contributed by atoms with E-state index < -0.39 is 0 Å². The normalized spacial score (nSPS) is 11.2. The van der Waals surface area contributed by atoms with Crippen LogP contribution in [0.25, 0.3) is 0 Å². The fourth-order valence-corrected chi connectivity index (χ4v) is 2.18. The van der Waals surface area contributed by atoms with Crippen LogP contribution in [0.2, 0.25) is 0 Å². The van der Waals surface area contributed by atoms with Gasteiger partial charge in [0.15, 0.2) is 5.84 Å². The van der Waals surface area contributed by atoms with Crippen molar-refractivity contribution < 1.29 is 9.94 Å². The molecule has 0 saturated heterocycles. The lowest BCUT2D eigenvalue weighted by molar-refractivity contribution is 0.301. The number of oxime groups is 1. The van der Waals surface area contributed by atoms with Crippen molar-refractivity contribution in [3.63, 3.8) is 0 Å². The van der Waals surface area contributed by atoms with E-state index in [2.05, 4.69) is 17.3 Å². The molecule has 0 saturated carbocycles. The summed E-state index contributed by atoms with van der Waals surface area (Å²) in [5.74, 6) is 1.34. The van der Waals surface area contributed by atoms with Gasteiger partial charge >= 0.3 is 0 Å². The van der Waals surface area contributed by atoms with Crippen molar-refractivity contribution >= 4 is 5.84 Å².